The van der Waals surface area contributed by atoms with Crippen molar-refractivity contribution in [3.05, 3.63) is 0 Å². The van der Waals surface area contributed by atoms with Crippen molar-refractivity contribution in [2.75, 3.05) is 19.4 Å². The molecule has 0 fully saturated rings. The van der Waals surface area contributed by atoms with Gasteiger partial charge in [0.25, 0.3) is 0 Å². The number of nitrogens with two attached hydrogens (primary N) is 1. The van der Waals surface area contributed by atoms with Gasteiger partial charge in [0.15, 0.2) is 5.75 Å². The van der Waals surface area contributed by atoms with E-state index >= 15 is 0 Å². The molecular formula is C9H20N2O4S. The summed E-state index contributed by atoms with van der Waals surface area (Å²) in [5.74, 6) is -1.44. The number of esters is 1. The van der Waals surface area contributed by atoms with Crippen molar-refractivity contribution >= 4 is 16.0 Å². The van der Waals surface area contributed by atoms with Crippen LogP contribution in [0, 0.1) is 0 Å². The molecule has 0 saturated heterocycles. The minimum absolute atomic E-state index is 0.223. The standard InChI is InChI=1S/C9H20N2O4S/c1-3-4-5-8(6-10)11-16(13,14)7-9(12)15-2/h8,11H,3-7,10H2,1-2H3. The van der Waals surface area contributed by atoms with Gasteiger partial charge >= 0.3 is 5.97 Å². The molecule has 6 nitrogen and oxygen atoms in total. The SMILES string of the molecule is CCCCC(CN)NS(=O)(=O)CC(=O)OC. The number of rotatable bonds is 8. The van der Waals surface area contributed by atoms with Crippen LogP contribution < -0.4 is 10.5 Å². The number of methoxy groups -OCH3 is 1. The van der Waals surface area contributed by atoms with Gasteiger partial charge in [-0.05, 0) is 6.42 Å². The van der Waals surface area contributed by atoms with Crippen LogP contribution in [0.2, 0.25) is 0 Å². The second kappa shape index (κ2) is 7.59. The fraction of sp³-hybridized carbons (Fsp3) is 0.889. The summed E-state index contributed by atoms with van der Waals surface area (Å²) >= 11 is 0. The van der Waals surface area contributed by atoms with E-state index in [1.54, 1.807) is 0 Å². The molecule has 0 aromatic heterocycles. The highest BCUT2D eigenvalue weighted by molar-refractivity contribution is 7.90. The van der Waals surface area contributed by atoms with Crippen molar-refractivity contribution in [2.45, 2.75) is 32.2 Å². The Morgan fingerprint density at radius 3 is 2.56 bits per heavy atom. The molecule has 0 aliphatic carbocycles. The molecule has 16 heavy (non-hydrogen) atoms. The third-order valence-corrected chi connectivity index (χ3v) is 3.38. The summed E-state index contributed by atoms with van der Waals surface area (Å²) in [6.45, 7) is 2.23. The van der Waals surface area contributed by atoms with E-state index in [9.17, 15) is 13.2 Å². The third kappa shape index (κ3) is 6.76. The Morgan fingerprint density at radius 2 is 2.12 bits per heavy atom. The van der Waals surface area contributed by atoms with Crippen molar-refractivity contribution in [2.24, 2.45) is 5.73 Å². The number of sulfonamides is 1. The predicted octanol–water partition coefficient (Wildman–Crippen LogP) is -0.404. The first-order valence-corrected chi connectivity index (χ1v) is 6.87. The summed E-state index contributed by atoms with van der Waals surface area (Å²) in [6, 6.07) is -0.311. The van der Waals surface area contributed by atoms with Gasteiger partial charge in [-0.25, -0.2) is 13.1 Å². The van der Waals surface area contributed by atoms with Gasteiger partial charge < -0.3 is 10.5 Å². The zero-order chi connectivity index (χ0) is 12.6. The Bertz CT molecular complexity index is 303. The van der Waals surface area contributed by atoms with Crippen LogP contribution in [0.4, 0.5) is 0 Å². The number of carbonyl (C=O) groups excluding carboxylic acids is 1. The van der Waals surface area contributed by atoms with Gasteiger partial charge in [0, 0.05) is 12.6 Å². The smallest absolute Gasteiger partial charge is 0.322 e. The number of unbranched alkanes of at least 4 members (excludes halogenated alkanes) is 1. The Labute approximate surface area is 96.6 Å². The molecule has 0 amide bonds. The lowest BCUT2D eigenvalue weighted by Gasteiger charge is -2.15. The summed E-state index contributed by atoms with van der Waals surface area (Å²) < 4.78 is 29.6. The molecule has 0 heterocycles. The predicted molar refractivity (Wildman–Crippen MR) is 61.3 cm³/mol. The average Bonchev–Trinajstić information content (AvgIpc) is 2.23. The summed E-state index contributed by atoms with van der Waals surface area (Å²) in [5, 5.41) is 0. The van der Waals surface area contributed by atoms with E-state index in [0.717, 1.165) is 20.0 Å². The third-order valence-electron chi connectivity index (χ3n) is 2.07. The van der Waals surface area contributed by atoms with Gasteiger partial charge in [-0.3, -0.25) is 4.79 Å². The van der Waals surface area contributed by atoms with E-state index < -0.39 is 21.7 Å². The van der Waals surface area contributed by atoms with Crippen LogP contribution in [-0.2, 0) is 19.6 Å². The Hall–Kier alpha value is -0.660. The molecule has 0 spiro atoms. The van der Waals surface area contributed by atoms with E-state index in [4.69, 9.17) is 5.73 Å². The van der Waals surface area contributed by atoms with Crippen molar-refractivity contribution in [1.29, 1.82) is 0 Å². The molecule has 3 N–H and O–H groups in total. The number of hydrogen-bond donors (Lipinski definition) is 2. The second-order valence-corrected chi connectivity index (χ2v) is 5.28. The molecule has 1 atom stereocenters. The van der Waals surface area contributed by atoms with Crippen LogP contribution >= 0.6 is 0 Å². The van der Waals surface area contributed by atoms with Crippen molar-refractivity contribution < 1.29 is 17.9 Å². The lowest BCUT2D eigenvalue weighted by molar-refractivity contribution is -0.137. The molecule has 96 valence electrons. The topological polar surface area (TPSA) is 98.5 Å². The number of hydrogen-bond acceptors (Lipinski definition) is 5. The van der Waals surface area contributed by atoms with E-state index in [0.29, 0.717) is 6.42 Å². The molecule has 0 saturated carbocycles. The average molecular weight is 252 g/mol. The van der Waals surface area contributed by atoms with E-state index in [2.05, 4.69) is 9.46 Å². The lowest BCUT2D eigenvalue weighted by atomic mass is 10.1. The molecule has 0 radical (unpaired) electrons. The second-order valence-electron chi connectivity index (χ2n) is 3.53. The maximum absolute atomic E-state index is 11.5. The highest BCUT2D eigenvalue weighted by Crippen LogP contribution is 2.01. The number of ether oxygens (including phenoxy) is 1. The fourth-order valence-corrected chi connectivity index (χ4v) is 2.42. The van der Waals surface area contributed by atoms with Crippen LogP contribution in [0.1, 0.15) is 26.2 Å². The van der Waals surface area contributed by atoms with Gasteiger partial charge in [-0.15, -0.1) is 0 Å². The quantitative estimate of drug-likeness (QED) is 0.572. The van der Waals surface area contributed by atoms with E-state index in [1.807, 2.05) is 6.92 Å². The normalized spacial score (nSPS) is 13.4. The van der Waals surface area contributed by atoms with Gasteiger partial charge in [-0.1, -0.05) is 19.8 Å². The maximum Gasteiger partial charge on any atom is 0.322 e. The van der Waals surface area contributed by atoms with Crippen molar-refractivity contribution in [1.82, 2.24) is 4.72 Å². The number of carbonyl (C=O) groups is 1. The van der Waals surface area contributed by atoms with Crippen molar-refractivity contribution in [3.63, 3.8) is 0 Å². The Morgan fingerprint density at radius 1 is 1.50 bits per heavy atom. The highest BCUT2D eigenvalue weighted by Gasteiger charge is 2.20. The first-order valence-electron chi connectivity index (χ1n) is 5.22. The lowest BCUT2D eigenvalue weighted by Crippen LogP contribution is -2.42. The van der Waals surface area contributed by atoms with Gasteiger partial charge in [0.1, 0.15) is 0 Å². The fourth-order valence-electron chi connectivity index (χ4n) is 1.19. The van der Waals surface area contributed by atoms with Gasteiger partial charge in [-0.2, -0.15) is 0 Å². The Kier molecular flexibility index (Phi) is 7.27. The minimum atomic E-state index is -3.64. The van der Waals surface area contributed by atoms with Crippen molar-refractivity contribution in [3.8, 4) is 0 Å². The van der Waals surface area contributed by atoms with Gasteiger partial charge in [0.05, 0.1) is 7.11 Å². The monoisotopic (exact) mass is 252 g/mol. The highest BCUT2D eigenvalue weighted by atomic mass is 32.2. The molecule has 0 aliphatic heterocycles. The first-order chi connectivity index (χ1) is 7.45. The van der Waals surface area contributed by atoms with Gasteiger partial charge in [0.2, 0.25) is 10.0 Å². The van der Waals surface area contributed by atoms with Crippen LogP contribution in [0.5, 0.6) is 0 Å². The van der Waals surface area contributed by atoms with Crippen LogP contribution in [-0.4, -0.2) is 39.8 Å². The summed E-state index contributed by atoms with van der Waals surface area (Å²) in [5.41, 5.74) is 5.44. The molecule has 0 aliphatic rings. The van der Waals surface area contributed by atoms with E-state index in [1.165, 1.54) is 0 Å². The molecule has 1 unspecified atom stereocenters. The van der Waals surface area contributed by atoms with Crippen LogP contribution in [0.15, 0.2) is 0 Å². The largest absolute Gasteiger partial charge is 0.468 e. The summed E-state index contributed by atoms with van der Waals surface area (Å²) in [7, 11) is -2.49. The summed E-state index contributed by atoms with van der Waals surface area (Å²) in [6.07, 6.45) is 2.53. The Balaban J connectivity index is 4.26. The van der Waals surface area contributed by atoms with Crippen LogP contribution in [0.3, 0.4) is 0 Å². The molecule has 0 aromatic carbocycles. The zero-order valence-electron chi connectivity index (χ0n) is 9.73. The van der Waals surface area contributed by atoms with Crippen LogP contribution in [0.25, 0.3) is 0 Å². The van der Waals surface area contributed by atoms with E-state index in [-0.39, 0.29) is 12.6 Å². The maximum atomic E-state index is 11.5. The molecule has 0 rings (SSSR count). The zero-order valence-corrected chi connectivity index (χ0v) is 10.5. The first kappa shape index (κ1) is 15.3. The molecule has 7 heteroatoms. The molecule has 0 bridgehead atoms. The number of nitrogens with one attached hydrogen (secondary N) is 1. The minimum Gasteiger partial charge on any atom is -0.468 e. The molecular weight excluding hydrogens is 232 g/mol. The molecule has 0 aromatic rings. The summed E-state index contributed by atoms with van der Waals surface area (Å²) in [4.78, 5) is 10.8.